The van der Waals surface area contributed by atoms with Crippen molar-refractivity contribution in [1.29, 1.82) is 0 Å². The molecular weight excluding hydrogens is 420 g/mol. The van der Waals surface area contributed by atoms with E-state index in [4.69, 9.17) is 14.2 Å². The summed E-state index contributed by atoms with van der Waals surface area (Å²) in [6, 6.07) is 0. The minimum atomic E-state index is -0.868. The maximum Gasteiger partial charge on any atom is 0.285 e. The summed E-state index contributed by atoms with van der Waals surface area (Å²) in [6.45, 7) is 13.4. The second kappa shape index (κ2) is 26.0. The molecule has 0 unspecified atom stereocenters. The van der Waals surface area contributed by atoms with E-state index in [0.717, 1.165) is 39.1 Å². The zero-order valence-electron chi connectivity index (χ0n) is 24.3. The van der Waals surface area contributed by atoms with E-state index in [-0.39, 0.29) is 5.92 Å². The van der Waals surface area contributed by atoms with Crippen LogP contribution in [0.15, 0.2) is 0 Å². The first kappa shape index (κ1) is 33.9. The van der Waals surface area contributed by atoms with Crippen LogP contribution < -0.4 is 0 Å². The molecule has 0 saturated carbocycles. The Morgan fingerprint density at radius 1 is 0.382 bits per heavy atom. The number of hydrogen-bond acceptors (Lipinski definition) is 3. The van der Waals surface area contributed by atoms with Gasteiger partial charge in [0.1, 0.15) is 0 Å². The molecular formula is C31H64O3. The zero-order valence-corrected chi connectivity index (χ0v) is 24.3. The fraction of sp³-hybridized carbons (Fsp3) is 1.00. The molecule has 0 bridgehead atoms. The summed E-state index contributed by atoms with van der Waals surface area (Å²) >= 11 is 0. The molecule has 34 heavy (non-hydrogen) atoms. The van der Waals surface area contributed by atoms with Crippen molar-refractivity contribution in [3.05, 3.63) is 0 Å². The number of rotatable bonds is 28. The molecule has 0 radical (unpaired) electrons. The Morgan fingerprint density at radius 2 is 0.618 bits per heavy atom. The Hall–Kier alpha value is -0.120. The van der Waals surface area contributed by atoms with Crippen molar-refractivity contribution in [3.63, 3.8) is 0 Å². The third kappa shape index (κ3) is 20.1. The van der Waals surface area contributed by atoms with Crippen molar-refractivity contribution in [3.8, 4) is 0 Å². The fourth-order valence-electron chi connectivity index (χ4n) is 4.45. The molecule has 0 atom stereocenters. The third-order valence-electron chi connectivity index (χ3n) is 6.86. The monoisotopic (exact) mass is 484 g/mol. The van der Waals surface area contributed by atoms with E-state index in [9.17, 15) is 0 Å². The largest absolute Gasteiger partial charge is 0.327 e. The minimum absolute atomic E-state index is 0.186. The highest BCUT2D eigenvalue weighted by atomic mass is 16.9. The van der Waals surface area contributed by atoms with E-state index >= 15 is 0 Å². The molecule has 0 aliphatic heterocycles. The summed E-state index contributed by atoms with van der Waals surface area (Å²) in [6.07, 6.45) is 27.2. The SMILES string of the molecule is CCCCCCCCCOC(OCCCCCCCCC)(OCCCCCCCCC)C(C)C. The van der Waals surface area contributed by atoms with Gasteiger partial charge in [-0.2, -0.15) is 0 Å². The van der Waals surface area contributed by atoms with Gasteiger partial charge >= 0.3 is 0 Å². The highest BCUT2D eigenvalue weighted by Gasteiger charge is 2.37. The van der Waals surface area contributed by atoms with Crippen molar-refractivity contribution >= 4 is 0 Å². The van der Waals surface area contributed by atoms with Gasteiger partial charge in [-0.05, 0) is 19.3 Å². The number of unbranched alkanes of at least 4 members (excludes halogenated alkanes) is 18. The highest BCUT2D eigenvalue weighted by molar-refractivity contribution is 4.65. The summed E-state index contributed by atoms with van der Waals surface area (Å²) < 4.78 is 19.2. The zero-order chi connectivity index (χ0) is 25.2. The molecule has 0 aromatic rings. The van der Waals surface area contributed by atoms with Crippen LogP contribution in [-0.2, 0) is 14.2 Å². The molecule has 0 rings (SSSR count). The van der Waals surface area contributed by atoms with Crippen molar-refractivity contribution in [2.75, 3.05) is 19.8 Å². The predicted octanol–water partition coefficient (Wildman–Crippen LogP) is 10.6. The molecule has 0 aliphatic carbocycles. The molecule has 0 saturated heterocycles. The lowest BCUT2D eigenvalue weighted by Gasteiger charge is -2.37. The van der Waals surface area contributed by atoms with Crippen LogP contribution in [-0.4, -0.2) is 25.8 Å². The maximum atomic E-state index is 6.39. The average molecular weight is 485 g/mol. The molecule has 3 heteroatoms. The van der Waals surface area contributed by atoms with Gasteiger partial charge in [-0.25, -0.2) is 0 Å². The van der Waals surface area contributed by atoms with Gasteiger partial charge < -0.3 is 14.2 Å². The molecule has 206 valence electrons. The topological polar surface area (TPSA) is 27.7 Å². The summed E-state index contributed by atoms with van der Waals surface area (Å²) in [5.74, 6) is -0.682. The minimum Gasteiger partial charge on any atom is -0.327 e. The maximum absolute atomic E-state index is 6.39. The van der Waals surface area contributed by atoms with Crippen LogP contribution >= 0.6 is 0 Å². The molecule has 0 spiro atoms. The first-order valence-corrected chi connectivity index (χ1v) is 15.5. The van der Waals surface area contributed by atoms with Crippen molar-refractivity contribution in [2.24, 2.45) is 5.92 Å². The van der Waals surface area contributed by atoms with Crippen molar-refractivity contribution in [1.82, 2.24) is 0 Å². The van der Waals surface area contributed by atoms with Crippen LogP contribution in [0, 0.1) is 5.92 Å². The Bertz CT molecular complexity index is 333. The van der Waals surface area contributed by atoms with E-state index in [0.29, 0.717) is 0 Å². The Labute approximate surface area is 215 Å². The Balaban J connectivity index is 4.41. The fourth-order valence-corrected chi connectivity index (χ4v) is 4.45. The molecule has 0 aromatic heterocycles. The second-order valence-electron chi connectivity index (χ2n) is 10.7. The summed E-state index contributed by atoms with van der Waals surface area (Å²) in [5.41, 5.74) is 0. The van der Waals surface area contributed by atoms with Gasteiger partial charge in [0.05, 0.1) is 19.8 Å². The standard InChI is InChI=1S/C31H64O3/c1-6-9-12-15-18-21-24-27-32-31(30(4)5,33-28-25-22-19-16-13-10-7-2)34-29-26-23-20-17-14-11-8-3/h30H,6-29H2,1-5H3. The number of hydrogen-bond donors (Lipinski definition) is 0. The summed E-state index contributed by atoms with van der Waals surface area (Å²) in [4.78, 5) is 0. The smallest absolute Gasteiger partial charge is 0.285 e. The molecule has 0 amide bonds. The quantitative estimate of drug-likeness (QED) is 0.0816. The number of ether oxygens (including phenoxy) is 3. The van der Waals surface area contributed by atoms with Gasteiger partial charge in [-0.3, -0.25) is 0 Å². The summed E-state index contributed by atoms with van der Waals surface area (Å²) in [7, 11) is 0. The van der Waals surface area contributed by atoms with Gasteiger partial charge in [0, 0.05) is 5.92 Å². The predicted molar refractivity (Wildman–Crippen MR) is 149 cm³/mol. The molecule has 0 aliphatic rings. The van der Waals surface area contributed by atoms with Gasteiger partial charge in [0.2, 0.25) is 0 Å². The normalized spacial score (nSPS) is 12.2. The molecule has 0 N–H and O–H groups in total. The lowest BCUT2D eigenvalue weighted by Crippen LogP contribution is -2.45. The van der Waals surface area contributed by atoms with Gasteiger partial charge in [0.15, 0.2) is 0 Å². The van der Waals surface area contributed by atoms with E-state index in [1.165, 1.54) is 116 Å². The van der Waals surface area contributed by atoms with Crippen LogP contribution in [0.25, 0.3) is 0 Å². The molecule has 0 heterocycles. The first-order valence-electron chi connectivity index (χ1n) is 15.5. The Kier molecular flexibility index (Phi) is 25.9. The molecule has 0 aromatic carbocycles. The first-order chi connectivity index (χ1) is 16.6. The van der Waals surface area contributed by atoms with Gasteiger partial charge in [-0.1, -0.05) is 150 Å². The van der Waals surface area contributed by atoms with Gasteiger partial charge in [-0.15, -0.1) is 0 Å². The van der Waals surface area contributed by atoms with Crippen LogP contribution in [0.3, 0.4) is 0 Å². The van der Waals surface area contributed by atoms with E-state index in [2.05, 4.69) is 34.6 Å². The van der Waals surface area contributed by atoms with Crippen LogP contribution in [0.2, 0.25) is 0 Å². The lowest BCUT2D eigenvalue weighted by molar-refractivity contribution is -0.401. The highest BCUT2D eigenvalue weighted by Crippen LogP contribution is 2.27. The van der Waals surface area contributed by atoms with E-state index in [1.54, 1.807) is 0 Å². The second-order valence-corrected chi connectivity index (χ2v) is 10.7. The molecule has 3 nitrogen and oxygen atoms in total. The van der Waals surface area contributed by atoms with Crippen molar-refractivity contribution in [2.45, 2.75) is 175 Å². The third-order valence-corrected chi connectivity index (χ3v) is 6.86. The summed E-state index contributed by atoms with van der Waals surface area (Å²) in [5, 5.41) is 0. The van der Waals surface area contributed by atoms with E-state index < -0.39 is 5.97 Å². The molecule has 0 fully saturated rings. The van der Waals surface area contributed by atoms with Crippen molar-refractivity contribution < 1.29 is 14.2 Å². The van der Waals surface area contributed by atoms with Gasteiger partial charge in [0.25, 0.3) is 5.97 Å². The lowest BCUT2D eigenvalue weighted by atomic mass is 10.1. The Morgan fingerprint density at radius 3 is 0.853 bits per heavy atom. The average Bonchev–Trinajstić information content (AvgIpc) is 2.83. The van der Waals surface area contributed by atoms with Crippen LogP contribution in [0.1, 0.15) is 169 Å². The van der Waals surface area contributed by atoms with Crippen LogP contribution in [0.4, 0.5) is 0 Å². The van der Waals surface area contributed by atoms with E-state index in [1.807, 2.05) is 0 Å². The van der Waals surface area contributed by atoms with Crippen LogP contribution in [0.5, 0.6) is 0 Å².